The second-order valence-electron chi connectivity index (χ2n) is 3.89. The molecule has 19 heavy (non-hydrogen) atoms. The van der Waals surface area contributed by atoms with Gasteiger partial charge in [0.1, 0.15) is 5.82 Å². The van der Waals surface area contributed by atoms with Crippen LogP contribution in [0.2, 0.25) is 0 Å². The molecule has 0 saturated heterocycles. The largest absolute Gasteiger partial charge is 0.401 e. The zero-order valence-corrected chi connectivity index (χ0v) is 11.1. The molecule has 0 unspecified atom stereocenters. The Bertz CT molecular complexity index is 654. The van der Waals surface area contributed by atoms with Crippen molar-refractivity contribution in [2.75, 3.05) is 6.54 Å². The van der Waals surface area contributed by atoms with Crippen molar-refractivity contribution in [3.63, 3.8) is 0 Å². The van der Waals surface area contributed by atoms with Crippen LogP contribution in [-0.2, 0) is 6.54 Å². The van der Waals surface area contributed by atoms with E-state index in [1.165, 1.54) is 0 Å². The van der Waals surface area contributed by atoms with Gasteiger partial charge in [-0.05, 0) is 18.2 Å². The summed E-state index contributed by atoms with van der Waals surface area (Å²) in [6.07, 6.45) is -4.29. The lowest BCUT2D eigenvalue weighted by molar-refractivity contribution is -0.125. The third-order valence-electron chi connectivity index (χ3n) is 2.34. The smallest absolute Gasteiger partial charge is 0.309 e. The predicted molar refractivity (Wildman–Crippen MR) is 67.8 cm³/mol. The minimum Gasteiger partial charge on any atom is -0.309 e. The Hall–Kier alpha value is -1.41. The van der Waals surface area contributed by atoms with Crippen LogP contribution in [0.3, 0.4) is 0 Å². The van der Waals surface area contributed by atoms with Crippen LogP contribution in [-0.4, -0.2) is 22.7 Å². The summed E-state index contributed by atoms with van der Waals surface area (Å²) in [6, 6.07) is 4.93. The SMILES string of the molecule is O=c1[nH]c(CNCC(F)(F)F)nc2cc(Br)ccc12. The highest BCUT2D eigenvalue weighted by Crippen LogP contribution is 2.15. The van der Waals surface area contributed by atoms with Gasteiger partial charge in [-0.2, -0.15) is 13.2 Å². The molecule has 0 bridgehead atoms. The van der Waals surface area contributed by atoms with Crippen LogP contribution < -0.4 is 10.9 Å². The number of benzene rings is 1. The second-order valence-corrected chi connectivity index (χ2v) is 4.81. The summed E-state index contributed by atoms with van der Waals surface area (Å²) in [5.41, 5.74) is 0.0586. The van der Waals surface area contributed by atoms with E-state index in [4.69, 9.17) is 0 Å². The molecule has 0 aliphatic heterocycles. The molecule has 2 aromatic rings. The molecule has 4 nitrogen and oxygen atoms in total. The molecule has 1 aromatic heterocycles. The van der Waals surface area contributed by atoms with Gasteiger partial charge in [-0.3, -0.25) is 4.79 Å². The van der Waals surface area contributed by atoms with E-state index in [2.05, 4.69) is 31.2 Å². The monoisotopic (exact) mass is 335 g/mol. The van der Waals surface area contributed by atoms with Crippen molar-refractivity contribution in [3.8, 4) is 0 Å². The molecule has 2 N–H and O–H groups in total. The van der Waals surface area contributed by atoms with Crippen molar-refractivity contribution >= 4 is 26.8 Å². The minimum atomic E-state index is -4.29. The number of aromatic nitrogens is 2. The highest BCUT2D eigenvalue weighted by molar-refractivity contribution is 9.10. The average Bonchev–Trinajstić information content (AvgIpc) is 2.26. The van der Waals surface area contributed by atoms with Crippen molar-refractivity contribution in [1.82, 2.24) is 15.3 Å². The molecule has 0 aliphatic rings. The molecule has 0 aliphatic carbocycles. The number of fused-ring (bicyclic) bond motifs is 1. The Labute approximate surface area is 114 Å². The van der Waals surface area contributed by atoms with E-state index in [0.717, 1.165) is 4.47 Å². The summed E-state index contributed by atoms with van der Waals surface area (Å²) < 4.78 is 36.7. The molecule has 102 valence electrons. The number of hydrogen-bond acceptors (Lipinski definition) is 3. The fourth-order valence-corrected chi connectivity index (χ4v) is 1.92. The lowest BCUT2D eigenvalue weighted by atomic mass is 10.2. The van der Waals surface area contributed by atoms with Gasteiger partial charge in [-0.1, -0.05) is 15.9 Å². The molecule has 0 radical (unpaired) electrons. The third-order valence-corrected chi connectivity index (χ3v) is 2.83. The summed E-state index contributed by atoms with van der Waals surface area (Å²) in [5, 5.41) is 2.57. The Morgan fingerprint density at radius 1 is 1.37 bits per heavy atom. The normalized spacial score (nSPS) is 12.0. The molecule has 0 atom stereocenters. The van der Waals surface area contributed by atoms with Crippen molar-refractivity contribution in [1.29, 1.82) is 0 Å². The van der Waals surface area contributed by atoms with E-state index in [0.29, 0.717) is 10.9 Å². The zero-order chi connectivity index (χ0) is 14.0. The Balaban J connectivity index is 2.23. The molecular formula is C11H9BrF3N3O. The van der Waals surface area contributed by atoms with Crippen LogP contribution in [0.4, 0.5) is 13.2 Å². The molecule has 1 aromatic carbocycles. The maximum atomic E-state index is 12.0. The van der Waals surface area contributed by atoms with Gasteiger partial charge in [0.15, 0.2) is 0 Å². The standard InChI is InChI=1S/C11H9BrF3N3O/c12-6-1-2-7-8(3-6)17-9(18-10(7)19)4-16-5-11(13,14)15/h1-3,16H,4-5H2,(H,17,18,19). The van der Waals surface area contributed by atoms with E-state index >= 15 is 0 Å². The van der Waals surface area contributed by atoms with Crippen molar-refractivity contribution in [2.24, 2.45) is 0 Å². The molecule has 0 saturated carbocycles. The summed E-state index contributed by atoms with van der Waals surface area (Å²) in [5.74, 6) is 0.167. The quantitative estimate of drug-likeness (QED) is 0.905. The first kappa shape index (κ1) is 14.0. The van der Waals surface area contributed by atoms with Gasteiger partial charge in [-0.15, -0.1) is 0 Å². The van der Waals surface area contributed by atoms with Crippen LogP contribution in [0.25, 0.3) is 10.9 Å². The first-order valence-electron chi connectivity index (χ1n) is 5.31. The first-order chi connectivity index (χ1) is 8.85. The lowest BCUT2D eigenvalue weighted by Crippen LogP contribution is -2.29. The van der Waals surface area contributed by atoms with Crippen molar-refractivity contribution in [3.05, 3.63) is 38.9 Å². The Kier molecular flexibility index (Phi) is 3.91. The number of aromatic amines is 1. The topological polar surface area (TPSA) is 57.8 Å². The van der Waals surface area contributed by atoms with Crippen molar-refractivity contribution < 1.29 is 13.2 Å². The molecule has 8 heteroatoms. The number of nitrogens with one attached hydrogen (secondary N) is 2. The minimum absolute atomic E-state index is 0.156. The summed E-state index contributed by atoms with van der Waals surface area (Å²) in [7, 11) is 0. The van der Waals surface area contributed by atoms with Crippen LogP contribution in [0.5, 0.6) is 0 Å². The molecule has 1 heterocycles. The summed E-state index contributed by atoms with van der Waals surface area (Å²) >= 11 is 3.24. The highest BCUT2D eigenvalue weighted by Gasteiger charge is 2.26. The number of hydrogen-bond donors (Lipinski definition) is 2. The van der Waals surface area contributed by atoms with Crippen LogP contribution >= 0.6 is 15.9 Å². The van der Waals surface area contributed by atoms with Gasteiger partial charge >= 0.3 is 6.18 Å². The molecule has 0 spiro atoms. The van der Waals surface area contributed by atoms with E-state index in [9.17, 15) is 18.0 Å². The van der Waals surface area contributed by atoms with E-state index in [-0.39, 0.29) is 17.9 Å². The fraction of sp³-hybridized carbons (Fsp3) is 0.273. The molecule has 0 amide bonds. The zero-order valence-electron chi connectivity index (χ0n) is 9.51. The summed E-state index contributed by atoms with van der Waals surface area (Å²) in [6.45, 7) is -1.29. The van der Waals surface area contributed by atoms with Gasteiger partial charge in [0.05, 0.1) is 24.0 Å². The predicted octanol–water partition coefficient (Wildman–Crippen LogP) is 2.34. The number of rotatable bonds is 3. The number of halogens is 4. The van der Waals surface area contributed by atoms with Gasteiger partial charge in [0.2, 0.25) is 0 Å². The molecule has 0 fully saturated rings. The number of alkyl halides is 3. The lowest BCUT2D eigenvalue weighted by Gasteiger charge is -2.08. The van der Waals surface area contributed by atoms with Crippen LogP contribution in [0.15, 0.2) is 27.5 Å². The maximum Gasteiger partial charge on any atom is 0.401 e. The van der Waals surface area contributed by atoms with Gasteiger partial charge in [0, 0.05) is 4.47 Å². The van der Waals surface area contributed by atoms with Gasteiger partial charge in [0.25, 0.3) is 5.56 Å². The average molecular weight is 336 g/mol. The second kappa shape index (κ2) is 5.30. The van der Waals surface area contributed by atoms with Crippen molar-refractivity contribution in [2.45, 2.75) is 12.7 Å². The number of H-pyrrole nitrogens is 1. The van der Waals surface area contributed by atoms with Crippen LogP contribution in [0.1, 0.15) is 5.82 Å². The first-order valence-corrected chi connectivity index (χ1v) is 6.10. The molecule has 2 rings (SSSR count). The molecular weight excluding hydrogens is 327 g/mol. The Morgan fingerprint density at radius 3 is 2.79 bits per heavy atom. The van der Waals surface area contributed by atoms with E-state index in [1.807, 2.05) is 0 Å². The van der Waals surface area contributed by atoms with E-state index in [1.54, 1.807) is 18.2 Å². The maximum absolute atomic E-state index is 12.0. The number of nitrogens with zero attached hydrogens (tertiary/aromatic N) is 1. The van der Waals surface area contributed by atoms with E-state index < -0.39 is 12.7 Å². The van der Waals surface area contributed by atoms with Gasteiger partial charge in [-0.25, -0.2) is 4.98 Å². The van der Waals surface area contributed by atoms with Crippen LogP contribution in [0, 0.1) is 0 Å². The highest BCUT2D eigenvalue weighted by atomic mass is 79.9. The van der Waals surface area contributed by atoms with Gasteiger partial charge < -0.3 is 10.3 Å². The Morgan fingerprint density at radius 2 is 2.11 bits per heavy atom. The summed E-state index contributed by atoms with van der Waals surface area (Å²) in [4.78, 5) is 18.3. The fourth-order valence-electron chi connectivity index (χ4n) is 1.57. The third kappa shape index (κ3) is 3.77.